The molecular weight excluding hydrogens is 510 g/mol. The minimum atomic E-state index is -4.08. The molecule has 37 heavy (non-hydrogen) atoms. The number of hydrogen-bond acceptors (Lipinski definition) is 4. The van der Waals surface area contributed by atoms with Gasteiger partial charge in [0.25, 0.3) is 10.0 Å². The Bertz CT molecular complexity index is 1330. The van der Waals surface area contributed by atoms with Crippen molar-refractivity contribution in [2.45, 2.75) is 51.2 Å². The van der Waals surface area contributed by atoms with Crippen molar-refractivity contribution < 1.29 is 18.0 Å². The van der Waals surface area contributed by atoms with E-state index in [1.807, 2.05) is 26.8 Å². The van der Waals surface area contributed by atoms with Crippen molar-refractivity contribution in [1.29, 1.82) is 0 Å². The van der Waals surface area contributed by atoms with Gasteiger partial charge in [0, 0.05) is 17.6 Å². The minimum absolute atomic E-state index is 0.0687. The molecule has 0 saturated carbocycles. The molecular formula is C28H32ClN3O4S. The average Bonchev–Trinajstić information content (AvgIpc) is 2.86. The number of halogens is 1. The molecule has 0 aliphatic heterocycles. The van der Waals surface area contributed by atoms with Gasteiger partial charge >= 0.3 is 0 Å². The molecule has 0 fully saturated rings. The van der Waals surface area contributed by atoms with Crippen LogP contribution in [0.15, 0.2) is 83.8 Å². The predicted octanol–water partition coefficient (Wildman–Crippen LogP) is 4.79. The zero-order chi connectivity index (χ0) is 27.2. The fraction of sp³-hybridized carbons (Fsp3) is 0.286. The van der Waals surface area contributed by atoms with Crippen LogP contribution in [0.1, 0.15) is 31.9 Å². The quantitative estimate of drug-likeness (QED) is 0.400. The molecule has 0 aliphatic carbocycles. The monoisotopic (exact) mass is 541 g/mol. The second-order valence-electron chi connectivity index (χ2n) is 9.15. The SMILES string of the molecule is Cc1cccc(N(CC(=O)N(Cc2ccc(Cl)cc2)C(C)C(=O)NC(C)C)S(=O)(=O)c2ccccc2)c1. The summed E-state index contributed by atoms with van der Waals surface area (Å²) in [5.74, 6) is -0.840. The minimum Gasteiger partial charge on any atom is -0.352 e. The van der Waals surface area contributed by atoms with Gasteiger partial charge in [-0.3, -0.25) is 13.9 Å². The molecule has 0 aliphatic rings. The molecule has 0 spiro atoms. The second-order valence-corrected chi connectivity index (χ2v) is 11.4. The van der Waals surface area contributed by atoms with Crippen molar-refractivity contribution in [3.05, 3.63) is 95.0 Å². The number of hydrogen-bond donors (Lipinski definition) is 1. The van der Waals surface area contributed by atoms with Crippen LogP contribution in [0, 0.1) is 6.92 Å². The van der Waals surface area contributed by atoms with Gasteiger partial charge in [0.2, 0.25) is 11.8 Å². The van der Waals surface area contributed by atoms with Gasteiger partial charge in [0.15, 0.2) is 0 Å². The fourth-order valence-electron chi connectivity index (χ4n) is 3.81. The van der Waals surface area contributed by atoms with E-state index >= 15 is 0 Å². The highest BCUT2D eigenvalue weighted by Crippen LogP contribution is 2.25. The van der Waals surface area contributed by atoms with Crippen LogP contribution in [0.4, 0.5) is 5.69 Å². The third kappa shape index (κ3) is 7.33. The third-order valence-corrected chi connectivity index (χ3v) is 7.80. The lowest BCUT2D eigenvalue weighted by Crippen LogP contribution is -2.52. The lowest BCUT2D eigenvalue weighted by molar-refractivity contribution is -0.139. The summed E-state index contributed by atoms with van der Waals surface area (Å²) in [6.45, 7) is 6.78. The van der Waals surface area contributed by atoms with Crippen LogP contribution in [0.3, 0.4) is 0 Å². The van der Waals surface area contributed by atoms with Crippen molar-refractivity contribution in [3.63, 3.8) is 0 Å². The number of sulfonamides is 1. The van der Waals surface area contributed by atoms with E-state index < -0.39 is 28.5 Å². The van der Waals surface area contributed by atoms with Gasteiger partial charge in [-0.2, -0.15) is 0 Å². The van der Waals surface area contributed by atoms with Gasteiger partial charge in [-0.05, 0) is 75.2 Å². The molecule has 1 N–H and O–H groups in total. The first kappa shape index (κ1) is 28.2. The van der Waals surface area contributed by atoms with Crippen LogP contribution in [-0.2, 0) is 26.2 Å². The van der Waals surface area contributed by atoms with Crippen molar-refractivity contribution in [3.8, 4) is 0 Å². The lowest BCUT2D eigenvalue weighted by atomic mass is 10.1. The lowest BCUT2D eigenvalue weighted by Gasteiger charge is -2.32. The summed E-state index contributed by atoms with van der Waals surface area (Å²) in [6.07, 6.45) is 0. The molecule has 0 aromatic heterocycles. The number of nitrogens with one attached hydrogen (secondary N) is 1. The normalized spacial score (nSPS) is 12.2. The summed E-state index contributed by atoms with van der Waals surface area (Å²) in [4.78, 5) is 28.2. The zero-order valence-electron chi connectivity index (χ0n) is 21.4. The van der Waals surface area contributed by atoms with Gasteiger partial charge in [-0.25, -0.2) is 8.42 Å². The molecule has 1 atom stereocenters. The molecule has 7 nitrogen and oxygen atoms in total. The van der Waals surface area contributed by atoms with E-state index in [4.69, 9.17) is 11.6 Å². The highest BCUT2D eigenvalue weighted by Gasteiger charge is 2.32. The van der Waals surface area contributed by atoms with Crippen LogP contribution < -0.4 is 9.62 Å². The summed E-state index contributed by atoms with van der Waals surface area (Å²) >= 11 is 6.02. The highest BCUT2D eigenvalue weighted by molar-refractivity contribution is 7.92. The van der Waals surface area contributed by atoms with Crippen LogP contribution in [0.25, 0.3) is 0 Å². The van der Waals surface area contributed by atoms with Gasteiger partial charge < -0.3 is 10.2 Å². The number of carbonyl (C=O) groups is 2. The first-order valence-electron chi connectivity index (χ1n) is 12.0. The smallest absolute Gasteiger partial charge is 0.264 e. The Morgan fingerprint density at radius 1 is 0.919 bits per heavy atom. The van der Waals surface area contributed by atoms with Crippen molar-refractivity contribution >= 4 is 39.1 Å². The van der Waals surface area contributed by atoms with Gasteiger partial charge in [-0.15, -0.1) is 0 Å². The predicted molar refractivity (Wildman–Crippen MR) is 147 cm³/mol. The maximum absolute atomic E-state index is 13.8. The Hall–Kier alpha value is -3.36. The number of nitrogens with zero attached hydrogens (tertiary/aromatic N) is 2. The Balaban J connectivity index is 2.01. The first-order valence-corrected chi connectivity index (χ1v) is 13.8. The maximum atomic E-state index is 13.8. The number of rotatable bonds is 10. The fourth-order valence-corrected chi connectivity index (χ4v) is 5.36. The Morgan fingerprint density at radius 2 is 1.57 bits per heavy atom. The molecule has 1 unspecified atom stereocenters. The highest BCUT2D eigenvalue weighted by atomic mass is 35.5. The number of amides is 2. The van der Waals surface area contributed by atoms with E-state index in [0.717, 1.165) is 15.4 Å². The Kier molecular flexibility index (Phi) is 9.34. The topological polar surface area (TPSA) is 86.8 Å². The molecule has 2 amide bonds. The first-order chi connectivity index (χ1) is 17.5. The molecule has 0 radical (unpaired) electrons. The number of benzene rings is 3. The summed E-state index contributed by atoms with van der Waals surface area (Å²) in [5, 5.41) is 3.38. The van der Waals surface area contributed by atoms with E-state index in [0.29, 0.717) is 10.7 Å². The molecule has 0 saturated heterocycles. The molecule has 3 aromatic carbocycles. The van der Waals surface area contributed by atoms with Crippen molar-refractivity contribution in [2.75, 3.05) is 10.8 Å². The van der Waals surface area contributed by atoms with Gasteiger partial charge in [-0.1, -0.05) is 54.1 Å². The van der Waals surface area contributed by atoms with E-state index in [1.165, 1.54) is 17.0 Å². The summed E-state index contributed by atoms with van der Waals surface area (Å²) in [6, 6.07) is 20.9. The van der Waals surface area contributed by atoms with Crippen LogP contribution in [0.2, 0.25) is 5.02 Å². The summed E-state index contributed by atoms with van der Waals surface area (Å²) in [5.41, 5.74) is 1.97. The van der Waals surface area contributed by atoms with E-state index in [1.54, 1.807) is 67.6 Å². The second kappa shape index (κ2) is 12.3. The van der Waals surface area contributed by atoms with E-state index in [9.17, 15) is 18.0 Å². The van der Waals surface area contributed by atoms with Crippen molar-refractivity contribution in [1.82, 2.24) is 10.2 Å². The van der Waals surface area contributed by atoms with Crippen molar-refractivity contribution in [2.24, 2.45) is 0 Å². The Labute approximate surface area is 224 Å². The number of carbonyl (C=O) groups excluding carboxylic acids is 2. The number of aryl methyl sites for hydroxylation is 1. The molecule has 0 heterocycles. The van der Waals surface area contributed by atoms with Crippen LogP contribution >= 0.6 is 11.6 Å². The Morgan fingerprint density at radius 3 is 2.16 bits per heavy atom. The van der Waals surface area contributed by atoms with E-state index in [2.05, 4.69) is 5.32 Å². The van der Waals surface area contributed by atoms with Crippen LogP contribution in [0.5, 0.6) is 0 Å². The average molecular weight is 542 g/mol. The molecule has 3 aromatic rings. The van der Waals surface area contributed by atoms with E-state index in [-0.39, 0.29) is 23.4 Å². The molecule has 0 bridgehead atoms. The largest absolute Gasteiger partial charge is 0.352 e. The summed E-state index contributed by atoms with van der Waals surface area (Å²) in [7, 11) is -4.08. The zero-order valence-corrected chi connectivity index (χ0v) is 23.0. The van der Waals surface area contributed by atoms with Crippen LogP contribution in [-0.4, -0.2) is 43.8 Å². The van der Waals surface area contributed by atoms with Gasteiger partial charge in [0.1, 0.15) is 12.6 Å². The molecule has 3 rings (SSSR count). The molecule has 9 heteroatoms. The number of anilines is 1. The summed E-state index contributed by atoms with van der Waals surface area (Å²) < 4.78 is 28.5. The maximum Gasteiger partial charge on any atom is 0.264 e. The standard InChI is InChI=1S/C28H32ClN3O4S/c1-20(2)30-28(34)22(4)31(18-23-13-15-24(29)16-14-23)27(33)19-32(25-10-8-9-21(3)17-25)37(35,36)26-11-6-5-7-12-26/h5-17,20,22H,18-19H2,1-4H3,(H,30,34). The van der Waals surface area contributed by atoms with Gasteiger partial charge in [0.05, 0.1) is 10.6 Å². The third-order valence-electron chi connectivity index (χ3n) is 5.76. The molecule has 196 valence electrons.